The molecule has 476 valence electrons. The molecule has 0 rings (SSSR count). The van der Waals surface area contributed by atoms with Crippen LogP contribution in [0.25, 0.3) is 0 Å². The van der Waals surface area contributed by atoms with Crippen molar-refractivity contribution in [3.05, 3.63) is 0 Å². The van der Waals surface area contributed by atoms with E-state index in [0.29, 0.717) is 165 Å². The Bertz CT molecular complexity index is 1050. The van der Waals surface area contributed by atoms with Crippen molar-refractivity contribution >= 4 is 0 Å². The number of rotatable bonds is 74. The van der Waals surface area contributed by atoms with Crippen LogP contribution in [-0.4, -0.2) is 191 Å². The molecule has 0 fully saturated rings. The minimum atomic E-state index is -0.390. The molecule has 1 unspecified atom stereocenters. The fourth-order valence-corrected chi connectivity index (χ4v) is 8.83. The van der Waals surface area contributed by atoms with Gasteiger partial charge in [-0.1, -0.05) is 206 Å². The summed E-state index contributed by atoms with van der Waals surface area (Å²) in [5.41, 5.74) is 0. The Morgan fingerprint density at radius 1 is 0.190 bits per heavy atom. The standard InChI is InChI=1S/C64H130O15/c1-5-7-9-11-13-15-17-19-21-23-25-27-29-31-33-35-37-77-63(3)64(78-38-36-34-32-30-28-26-24-22-20-18-16-14-12-10-8-6-2)79-62-61-76-60-59-75-58-57-74-56-55-73-54-53-72-52-51-71-50-49-70-48-47-69-46-45-68-44-43-67-42-41-66-40-39-65-4/h63-64H,5-62H2,1-4H3/t63-,64?/m1/s1. The van der Waals surface area contributed by atoms with Crippen molar-refractivity contribution in [3.63, 3.8) is 0 Å². The Hall–Kier alpha value is -0.600. The van der Waals surface area contributed by atoms with E-state index in [2.05, 4.69) is 20.8 Å². The van der Waals surface area contributed by atoms with E-state index in [4.69, 9.17) is 71.1 Å². The first-order valence-electron chi connectivity index (χ1n) is 32.9. The molecule has 0 heterocycles. The van der Waals surface area contributed by atoms with Crippen LogP contribution in [0.5, 0.6) is 0 Å². The molecule has 15 heteroatoms. The van der Waals surface area contributed by atoms with E-state index in [1.807, 2.05) is 0 Å². The van der Waals surface area contributed by atoms with Gasteiger partial charge in [-0.05, 0) is 19.8 Å². The van der Waals surface area contributed by atoms with Crippen LogP contribution < -0.4 is 0 Å². The summed E-state index contributed by atoms with van der Waals surface area (Å²) < 4.78 is 84.9. The van der Waals surface area contributed by atoms with E-state index < -0.39 is 6.29 Å². The second-order valence-corrected chi connectivity index (χ2v) is 21.0. The molecule has 0 aliphatic heterocycles. The summed E-state index contributed by atoms with van der Waals surface area (Å²) in [4.78, 5) is 0. The van der Waals surface area contributed by atoms with Crippen LogP contribution in [0, 0.1) is 0 Å². The fraction of sp³-hybridized carbons (Fsp3) is 1.00. The summed E-state index contributed by atoms with van der Waals surface area (Å²) in [5, 5.41) is 0. The summed E-state index contributed by atoms with van der Waals surface area (Å²) in [6, 6.07) is 0. The molecule has 0 bridgehead atoms. The number of hydrogen-bond acceptors (Lipinski definition) is 15. The van der Waals surface area contributed by atoms with Gasteiger partial charge in [0.1, 0.15) is 6.10 Å². The third-order valence-corrected chi connectivity index (χ3v) is 13.7. The van der Waals surface area contributed by atoms with E-state index in [1.54, 1.807) is 7.11 Å². The van der Waals surface area contributed by atoms with Gasteiger partial charge in [0.15, 0.2) is 6.29 Å². The van der Waals surface area contributed by atoms with Crippen molar-refractivity contribution in [2.24, 2.45) is 0 Å². The average molecular weight is 1140 g/mol. The van der Waals surface area contributed by atoms with Gasteiger partial charge in [0, 0.05) is 20.3 Å². The zero-order chi connectivity index (χ0) is 56.8. The molecule has 2 atom stereocenters. The molecule has 0 saturated carbocycles. The lowest BCUT2D eigenvalue weighted by atomic mass is 10.0. The molecule has 0 saturated heterocycles. The van der Waals surface area contributed by atoms with E-state index in [9.17, 15) is 0 Å². The molecule has 0 spiro atoms. The van der Waals surface area contributed by atoms with Crippen LogP contribution >= 0.6 is 0 Å². The third kappa shape index (κ3) is 69.8. The molecule has 0 amide bonds. The van der Waals surface area contributed by atoms with Crippen LogP contribution in [0.3, 0.4) is 0 Å². The highest BCUT2D eigenvalue weighted by Crippen LogP contribution is 2.17. The highest BCUT2D eigenvalue weighted by atomic mass is 16.7. The Kier molecular flexibility index (Phi) is 72.9. The number of hydrogen-bond donors (Lipinski definition) is 0. The van der Waals surface area contributed by atoms with Gasteiger partial charge >= 0.3 is 0 Å². The molecule has 0 aliphatic rings. The lowest BCUT2D eigenvalue weighted by molar-refractivity contribution is -0.207. The SMILES string of the molecule is CCCCCCCCCCCCCCCCCCOC(OCCOCCOCCOCCOCCOCCOCCOCCOCCOCCOCCOCCOC)[C@@H](C)OCCCCCCCCCCCCCCCCCC. The molecule has 79 heavy (non-hydrogen) atoms. The minimum absolute atomic E-state index is 0.126. The molecule has 0 aromatic carbocycles. The maximum atomic E-state index is 6.31. The predicted molar refractivity (Wildman–Crippen MR) is 321 cm³/mol. The summed E-state index contributed by atoms with van der Waals surface area (Å²) in [6.45, 7) is 20.5. The van der Waals surface area contributed by atoms with E-state index in [0.717, 1.165) is 19.4 Å². The molecular formula is C64H130O15. The maximum absolute atomic E-state index is 6.31. The van der Waals surface area contributed by atoms with Crippen LogP contribution in [-0.2, 0) is 71.1 Å². The lowest BCUT2D eigenvalue weighted by Gasteiger charge is -2.25. The Balaban J connectivity index is 3.89. The number of methoxy groups -OCH3 is 1. The average Bonchev–Trinajstić information content (AvgIpc) is 3.45. The van der Waals surface area contributed by atoms with Crippen LogP contribution in [0.2, 0.25) is 0 Å². The number of ether oxygens (including phenoxy) is 15. The molecule has 0 radical (unpaired) electrons. The Labute approximate surface area is 486 Å². The number of unbranched alkanes of at least 4 members (excludes halogenated alkanes) is 30. The van der Waals surface area contributed by atoms with Gasteiger partial charge < -0.3 is 71.1 Å². The molecule has 0 aromatic heterocycles. The maximum Gasteiger partial charge on any atom is 0.183 e. The van der Waals surface area contributed by atoms with Crippen molar-refractivity contribution < 1.29 is 71.1 Å². The minimum Gasteiger partial charge on any atom is -0.382 e. The third-order valence-electron chi connectivity index (χ3n) is 13.7. The van der Waals surface area contributed by atoms with E-state index in [1.165, 1.54) is 193 Å². The molecule has 0 N–H and O–H groups in total. The summed E-state index contributed by atoms with van der Waals surface area (Å²) >= 11 is 0. The van der Waals surface area contributed by atoms with Gasteiger partial charge in [-0.3, -0.25) is 0 Å². The normalized spacial score (nSPS) is 12.6. The fourth-order valence-electron chi connectivity index (χ4n) is 8.83. The van der Waals surface area contributed by atoms with Crippen molar-refractivity contribution in [1.29, 1.82) is 0 Å². The van der Waals surface area contributed by atoms with Crippen molar-refractivity contribution in [2.75, 3.05) is 179 Å². The van der Waals surface area contributed by atoms with Gasteiger partial charge in [-0.2, -0.15) is 0 Å². The van der Waals surface area contributed by atoms with Gasteiger partial charge in [0.05, 0.1) is 159 Å². The topological polar surface area (TPSA) is 138 Å². The Morgan fingerprint density at radius 2 is 0.367 bits per heavy atom. The highest BCUT2D eigenvalue weighted by molar-refractivity contribution is 4.59. The Morgan fingerprint density at radius 3 is 0.595 bits per heavy atom. The summed E-state index contributed by atoms with van der Waals surface area (Å²) in [6.07, 6.45) is 43.1. The summed E-state index contributed by atoms with van der Waals surface area (Å²) in [7, 11) is 1.65. The van der Waals surface area contributed by atoms with Crippen LogP contribution in [0.15, 0.2) is 0 Å². The van der Waals surface area contributed by atoms with Gasteiger partial charge in [-0.15, -0.1) is 0 Å². The molecular weight excluding hydrogens is 1010 g/mol. The first-order valence-corrected chi connectivity index (χ1v) is 32.9. The van der Waals surface area contributed by atoms with E-state index in [-0.39, 0.29) is 6.10 Å². The van der Waals surface area contributed by atoms with Gasteiger partial charge in [-0.25, -0.2) is 0 Å². The van der Waals surface area contributed by atoms with Crippen LogP contribution in [0.4, 0.5) is 0 Å². The first kappa shape index (κ1) is 78.4. The zero-order valence-electron chi connectivity index (χ0n) is 52.3. The molecule has 15 nitrogen and oxygen atoms in total. The zero-order valence-corrected chi connectivity index (χ0v) is 52.3. The largest absolute Gasteiger partial charge is 0.382 e. The second-order valence-electron chi connectivity index (χ2n) is 21.0. The highest BCUT2D eigenvalue weighted by Gasteiger charge is 2.19. The van der Waals surface area contributed by atoms with Crippen molar-refractivity contribution in [1.82, 2.24) is 0 Å². The van der Waals surface area contributed by atoms with Gasteiger partial charge in [0.25, 0.3) is 0 Å². The van der Waals surface area contributed by atoms with Crippen molar-refractivity contribution in [3.8, 4) is 0 Å². The molecule has 0 aromatic rings. The smallest absolute Gasteiger partial charge is 0.183 e. The lowest BCUT2D eigenvalue weighted by Crippen LogP contribution is -2.33. The first-order chi connectivity index (χ1) is 39.3. The van der Waals surface area contributed by atoms with Crippen molar-refractivity contribution in [2.45, 2.75) is 239 Å². The summed E-state index contributed by atoms with van der Waals surface area (Å²) in [5.74, 6) is 0. The predicted octanol–water partition coefficient (Wildman–Crippen LogP) is 14.1. The van der Waals surface area contributed by atoms with Crippen LogP contribution in [0.1, 0.15) is 226 Å². The van der Waals surface area contributed by atoms with Gasteiger partial charge in [0.2, 0.25) is 0 Å². The second kappa shape index (κ2) is 73.5. The molecule has 0 aliphatic carbocycles. The van der Waals surface area contributed by atoms with E-state index >= 15 is 0 Å². The monoisotopic (exact) mass is 1140 g/mol. The quantitative estimate of drug-likeness (QED) is 0.0421.